The third kappa shape index (κ3) is 2.55. The number of nitrogens with zero attached hydrogens (tertiary/aromatic N) is 2. The van der Waals surface area contributed by atoms with Gasteiger partial charge in [-0.05, 0) is 24.1 Å². The maximum atomic E-state index is 12.7. The average molecular weight is 381 g/mol. The van der Waals surface area contributed by atoms with Crippen molar-refractivity contribution in [2.24, 2.45) is 0 Å². The molecule has 0 radical (unpaired) electrons. The van der Waals surface area contributed by atoms with E-state index in [1.165, 1.54) is 16.2 Å². The van der Waals surface area contributed by atoms with E-state index < -0.39 is 12.0 Å². The lowest BCUT2D eigenvalue weighted by Gasteiger charge is -2.34. The minimum absolute atomic E-state index is 0.266. The maximum absolute atomic E-state index is 12.7. The van der Waals surface area contributed by atoms with Gasteiger partial charge in [-0.2, -0.15) is 0 Å². The van der Waals surface area contributed by atoms with Gasteiger partial charge in [-0.1, -0.05) is 28.1 Å². The highest BCUT2D eigenvalue weighted by Crippen LogP contribution is 2.31. The van der Waals surface area contributed by atoms with Gasteiger partial charge in [0.25, 0.3) is 5.91 Å². The second kappa shape index (κ2) is 5.81. The van der Waals surface area contributed by atoms with Gasteiger partial charge in [0.15, 0.2) is 0 Å². The summed E-state index contributed by atoms with van der Waals surface area (Å²) in [6, 6.07) is 4.85. The summed E-state index contributed by atoms with van der Waals surface area (Å²) in [5.74, 6) is -1.25. The van der Waals surface area contributed by atoms with Gasteiger partial charge < -0.3 is 10.0 Å². The standard InChI is InChI=1S/C15H13BrN2O3S/c1-8-13(22-7-17-8)14(19)18-6-9-3-2-4-11(16)10(9)5-12(18)15(20)21/h2-4,7,12H,5-6H2,1H3,(H,20,21). The fourth-order valence-electron chi connectivity index (χ4n) is 2.65. The fourth-order valence-corrected chi connectivity index (χ4v) is 3.98. The van der Waals surface area contributed by atoms with E-state index in [-0.39, 0.29) is 5.91 Å². The third-order valence-electron chi connectivity index (χ3n) is 3.82. The molecule has 2 aromatic rings. The van der Waals surface area contributed by atoms with Crippen molar-refractivity contribution >= 4 is 39.1 Å². The van der Waals surface area contributed by atoms with E-state index in [2.05, 4.69) is 20.9 Å². The molecule has 2 heterocycles. The number of carboxylic acids is 1. The fraction of sp³-hybridized carbons (Fsp3) is 0.267. The molecule has 1 aromatic heterocycles. The Morgan fingerprint density at radius 1 is 1.45 bits per heavy atom. The number of aryl methyl sites for hydroxylation is 1. The van der Waals surface area contributed by atoms with Crippen LogP contribution in [0.2, 0.25) is 0 Å². The Balaban J connectivity index is 2.01. The summed E-state index contributed by atoms with van der Waals surface area (Å²) in [5, 5.41) is 9.52. The molecule has 1 aliphatic heterocycles. The number of thiazole rings is 1. The molecule has 1 aliphatic rings. The van der Waals surface area contributed by atoms with Crippen LogP contribution in [0.15, 0.2) is 28.2 Å². The van der Waals surface area contributed by atoms with Crippen molar-refractivity contribution < 1.29 is 14.7 Å². The van der Waals surface area contributed by atoms with Crippen LogP contribution in [0.5, 0.6) is 0 Å². The number of aliphatic carboxylic acids is 1. The van der Waals surface area contributed by atoms with Crippen molar-refractivity contribution in [3.05, 3.63) is 49.9 Å². The molecule has 1 unspecified atom stereocenters. The van der Waals surface area contributed by atoms with Gasteiger partial charge in [0, 0.05) is 17.4 Å². The first-order valence-electron chi connectivity index (χ1n) is 6.69. The third-order valence-corrected chi connectivity index (χ3v) is 5.48. The van der Waals surface area contributed by atoms with Crippen molar-refractivity contribution in [1.82, 2.24) is 9.88 Å². The van der Waals surface area contributed by atoms with Gasteiger partial charge in [0.1, 0.15) is 10.9 Å². The molecule has 0 fully saturated rings. The summed E-state index contributed by atoms with van der Waals surface area (Å²) in [7, 11) is 0. The minimum atomic E-state index is -0.989. The van der Waals surface area contributed by atoms with Gasteiger partial charge >= 0.3 is 5.97 Å². The van der Waals surface area contributed by atoms with E-state index in [0.29, 0.717) is 23.5 Å². The number of hydrogen-bond donors (Lipinski definition) is 1. The van der Waals surface area contributed by atoms with Gasteiger partial charge in [-0.25, -0.2) is 9.78 Å². The first-order valence-corrected chi connectivity index (χ1v) is 8.36. The van der Waals surface area contributed by atoms with Crippen LogP contribution in [0, 0.1) is 6.92 Å². The molecule has 1 N–H and O–H groups in total. The molecular weight excluding hydrogens is 368 g/mol. The molecule has 22 heavy (non-hydrogen) atoms. The lowest BCUT2D eigenvalue weighted by atomic mass is 9.93. The van der Waals surface area contributed by atoms with Crippen molar-refractivity contribution in [3.63, 3.8) is 0 Å². The van der Waals surface area contributed by atoms with Crippen LogP contribution in [-0.4, -0.2) is 32.9 Å². The van der Waals surface area contributed by atoms with Crippen LogP contribution in [0.3, 0.4) is 0 Å². The molecule has 0 bridgehead atoms. The quantitative estimate of drug-likeness (QED) is 0.869. The zero-order valence-electron chi connectivity index (χ0n) is 11.7. The van der Waals surface area contributed by atoms with Crippen LogP contribution >= 0.6 is 27.3 Å². The van der Waals surface area contributed by atoms with E-state index in [1.807, 2.05) is 18.2 Å². The molecule has 0 saturated heterocycles. The second-order valence-electron chi connectivity index (χ2n) is 5.14. The van der Waals surface area contributed by atoms with Crippen LogP contribution in [0.4, 0.5) is 0 Å². The van der Waals surface area contributed by atoms with Crippen molar-refractivity contribution in [3.8, 4) is 0 Å². The van der Waals surface area contributed by atoms with Crippen LogP contribution in [0.25, 0.3) is 0 Å². The van der Waals surface area contributed by atoms with Crippen molar-refractivity contribution in [2.75, 3.05) is 0 Å². The smallest absolute Gasteiger partial charge is 0.326 e. The van der Waals surface area contributed by atoms with Gasteiger partial charge in [-0.3, -0.25) is 4.79 Å². The number of carboxylic acid groups (broad SMARTS) is 1. The van der Waals surface area contributed by atoms with Crippen LogP contribution in [0.1, 0.15) is 26.5 Å². The lowest BCUT2D eigenvalue weighted by molar-refractivity contribution is -0.142. The highest BCUT2D eigenvalue weighted by Gasteiger charge is 2.36. The van der Waals surface area contributed by atoms with Gasteiger partial charge in [0.2, 0.25) is 0 Å². The number of carbonyl (C=O) groups excluding carboxylic acids is 1. The highest BCUT2D eigenvalue weighted by atomic mass is 79.9. The largest absolute Gasteiger partial charge is 0.480 e. The summed E-state index contributed by atoms with van der Waals surface area (Å²) in [6.45, 7) is 2.05. The summed E-state index contributed by atoms with van der Waals surface area (Å²) in [5.41, 5.74) is 4.17. The molecule has 5 nitrogen and oxygen atoms in total. The summed E-state index contributed by atoms with van der Waals surface area (Å²) < 4.78 is 0.886. The maximum Gasteiger partial charge on any atom is 0.326 e. The summed E-state index contributed by atoms with van der Waals surface area (Å²) in [6.07, 6.45) is 0.301. The number of carbonyl (C=O) groups is 2. The molecule has 0 aliphatic carbocycles. The van der Waals surface area contributed by atoms with E-state index in [9.17, 15) is 14.7 Å². The molecule has 7 heteroatoms. The molecule has 1 atom stereocenters. The summed E-state index contributed by atoms with van der Waals surface area (Å²) in [4.78, 5) is 30.3. The number of benzene rings is 1. The number of fused-ring (bicyclic) bond motifs is 1. The van der Waals surface area contributed by atoms with Gasteiger partial charge in [-0.15, -0.1) is 11.3 Å². The Morgan fingerprint density at radius 3 is 2.86 bits per heavy atom. The molecule has 0 saturated carbocycles. The zero-order valence-corrected chi connectivity index (χ0v) is 14.1. The Kier molecular flexibility index (Phi) is 4.01. The highest BCUT2D eigenvalue weighted by molar-refractivity contribution is 9.10. The van der Waals surface area contributed by atoms with E-state index in [4.69, 9.17) is 0 Å². The Hall–Kier alpha value is -1.73. The van der Waals surface area contributed by atoms with Crippen LogP contribution in [-0.2, 0) is 17.8 Å². The normalized spacial score (nSPS) is 17.2. The Labute approximate surface area is 139 Å². The molecule has 1 amide bonds. The number of hydrogen-bond acceptors (Lipinski definition) is 4. The van der Waals surface area contributed by atoms with Crippen molar-refractivity contribution in [1.29, 1.82) is 0 Å². The van der Waals surface area contributed by atoms with E-state index in [1.54, 1.807) is 12.4 Å². The minimum Gasteiger partial charge on any atom is -0.480 e. The molecule has 0 spiro atoms. The topological polar surface area (TPSA) is 70.5 Å². The van der Waals surface area contributed by atoms with E-state index >= 15 is 0 Å². The molecule has 1 aromatic carbocycles. The van der Waals surface area contributed by atoms with Crippen molar-refractivity contribution in [2.45, 2.75) is 25.9 Å². The van der Waals surface area contributed by atoms with Crippen LogP contribution < -0.4 is 0 Å². The lowest BCUT2D eigenvalue weighted by Crippen LogP contribution is -2.48. The molecule has 114 valence electrons. The predicted molar refractivity (Wildman–Crippen MR) is 86.0 cm³/mol. The Bertz CT molecular complexity index is 759. The van der Waals surface area contributed by atoms with E-state index in [0.717, 1.165) is 15.6 Å². The SMILES string of the molecule is Cc1ncsc1C(=O)N1Cc2cccc(Br)c2CC1C(=O)O. The Morgan fingerprint density at radius 2 is 2.23 bits per heavy atom. The average Bonchev–Trinajstić information content (AvgIpc) is 2.91. The monoisotopic (exact) mass is 380 g/mol. The summed E-state index contributed by atoms with van der Waals surface area (Å²) >= 11 is 4.71. The first-order chi connectivity index (χ1) is 10.5. The molecule has 3 rings (SSSR count). The predicted octanol–water partition coefficient (Wildman–Crippen LogP) is 2.87. The van der Waals surface area contributed by atoms with Gasteiger partial charge in [0.05, 0.1) is 11.2 Å². The zero-order chi connectivity index (χ0) is 15.9. The number of amides is 1. The number of halogens is 1. The molecular formula is C15H13BrN2O3S. The first kappa shape index (κ1) is 15.2. The second-order valence-corrected chi connectivity index (χ2v) is 6.84. The number of aromatic nitrogens is 1. The number of rotatable bonds is 2.